The van der Waals surface area contributed by atoms with Gasteiger partial charge in [-0.3, -0.25) is 0 Å². The summed E-state index contributed by atoms with van der Waals surface area (Å²) in [6.45, 7) is 0. The number of pyridine rings is 2. The second-order valence-electron chi connectivity index (χ2n) is 5.44. The summed E-state index contributed by atoms with van der Waals surface area (Å²) in [5.74, 6) is -0.0420. The van der Waals surface area contributed by atoms with Gasteiger partial charge in [-0.15, -0.1) is 0 Å². The van der Waals surface area contributed by atoms with Gasteiger partial charge in [-0.05, 0) is 0 Å². The molecule has 0 radical (unpaired) electrons. The van der Waals surface area contributed by atoms with Crippen LogP contribution in [-0.4, -0.2) is 23.0 Å². The molecule has 0 saturated heterocycles. The predicted octanol–water partition coefficient (Wildman–Crippen LogP) is 4.18. The molecule has 0 saturated carbocycles. The summed E-state index contributed by atoms with van der Waals surface area (Å²) in [4.78, 5) is 8.33. The van der Waals surface area contributed by atoms with E-state index in [1.165, 1.54) is 12.4 Å². The predicted molar refractivity (Wildman–Crippen MR) is 101 cm³/mol. The van der Waals surface area contributed by atoms with Crippen LogP contribution in [0.15, 0.2) is 60.9 Å². The Kier molecular flexibility index (Phi) is 4.29. The molecule has 0 amide bonds. The third kappa shape index (κ3) is 2.91. The first-order valence-corrected chi connectivity index (χ1v) is 11.2. The average molecular weight is 452 g/mol. The standard InChI is InChI=1S/C18H10Cl2N2O3Se/c19-17-11-5-1-3-7-13(11)21-9-15(17)25-26(23,24)16-10-22-14-8-4-2-6-12(14)18(16)20/h1-10H. The van der Waals surface area contributed by atoms with Gasteiger partial charge in [0.1, 0.15) is 0 Å². The van der Waals surface area contributed by atoms with Crippen LogP contribution in [0, 0.1) is 0 Å². The molecular weight excluding hydrogens is 442 g/mol. The van der Waals surface area contributed by atoms with Gasteiger partial charge in [-0.1, -0.05) is 0 Å². The minimum atomic E-state index is -5.13. The summed E-state index contributed by atoms with van der Waals surface area (Å²) in [7, 11) is 0. The summed E-state index contributed by atoms with van der Waals surface area (Å²) in [6, 6.07) is 14.1. The third-order valence-corrected chi connectivity index (χ3v) is 7.49. The molecule has 8 heteroatoms. The van der Waals surface area contributed by atoms with Crippen molar-refractivity contribution in [3.8, 4) is 5.75 Å². The number of rotatable bonds is 3. The Morgan fingerprint density at radius 2 is 1.31 bits per heavy atom. The quantitative estimate of drug-likeness (QED) is 0.437. The Bertz CT molecular complexity index is 1260. The molecule has 26 heavy (non-hydrogen) atoms. The van der Waals surface area contributed by atoms with Gasteiger partial charge < -0.3 is 0 Å². The maximum absolute atomic E-state index is 12.8. The SMILES string of the molecule is O=[Se](=O)(Oc1cnc2ccccc2c1Cl)c1cnc2ccccc2c1Cl. The fourth-order valence-corrected chi connectivity index (χ4v) is 5.65. The molecule has 4 aromatic rings. The zero-order chi connectivity index (χ0) is 18.3. The summed E-state index contributed by atoms with van der Waals surface area (Å²) in [5, 5.41) is 1.38. The van der Waals surface area contributed by atoms with Gasteiger partial charge >= 0.3 is 161 Å². The second-order valence-corrected chi connectivity index (χ2v) is 9.38. The number of halogens is 2. The number of hydrogen-bond acceptors (Lipinski definition) is 5. The van der Waals surface area contributed by atoms with Crippen molar-refractivity contribution in [1.29, 1.82) is 0 Å². The van der Waals surface area contributed by atoms with Crippen LogP contribution in [0.5, 0.6) is 5.75 Å². The van der Waals surface area contributed by atoms with E-state index in [0.29, 0.717) is 21.8 Å². The second kappa shape index (κ2) is 6.49. The molecule has 0 aliphatic rings. The number of para-hydroxylation sites is 2. The number of fused-ring (bicyclic) bond motifs is 2. The Morgan fingerprint density at radius 3 is 1.96 bits per heavy atom. The molecule has 0 atom stereocenters. The molecular formula is C18H10Cl2N2O3Se. The van der Waals surface area contributed by atoms with Crippen molar-refractivity contribution in [2.75, 3.05) is 0 Å². The van der Waals surface area contributed by atoms with E-state index in [1.807, 2.05) is 6.07 Å². The number of hydrogen-bond donors (Lipinski definition) is 0. The first-order valence-electron chi connectivity index (χ1n) is 7.48. The number of nitrogens with zero attached hydrogens (tertiary/aromatic N) is 2. The van der Waals surface area contributed by atoms with Crippen molar-refractivity contribution in [2.45, 2.75) is 0 Å². The molecule has 2 aromatic heterocycles. The van der Waals surface area contributed by atoms with Crippen molar-refractivity contribution < 1.29 is 11.5 Å². The molecule has 0 spiro atoms. The number of benzene rings is 2. The van der Waals surface area contributed by atoms with E-state index >= 15 is 0 Å². The van der Waals surface area contributed by atoms with E-state index < -0.39 is 13.0 Å². The first-order chi connectivity index (χ1) is 12.5. The van der Waals surface area contributed by atoms with Gasteiger partial charge in [0.15, 0.2) is 0 Å². The molecule has 0 aliphatic heterocycles. The van der Waals surface area contributed by atoms with Gasteiger partial charge in [0.25, 0.3) is 0 Å². The van der Waals surface area contributed by atoms with E-state index in [0.717, 1.165) is 0 Å². The fraction of sp³-hybridized carbons (Fsp3) is 0. The van der Waals surface area contributed by atoms with E-state index in [4.69, 9.17) is 27.0 Å². The van der Waals surface area contributed by atoms with E-state index in [2.05, 4.69) is 9.97 Å². The third-order valence-electron chi connectivity index (χ3n) is 3.82. The van der Waals surface area contributed by atoms with Crippen molar-refractivity contribution in [3.05, 3.63) is 71.0 Å². The van der Waals surface area contributed by atoms with Gasteiger partial charge in [0.2, 0.25) is 0 Å². The van der Waals surface area contributed by atoms with E-state index in [9.17, 15) is 7.67 Å². The van der Waals surface area contributed by atoms with Crippen molar-refractivity contribution in [3.63, 3.8) is 0 Å². The Balaban J connectivity index is 1.81. The van der Waals surface area contributed by atoms with Crippen molar-refractivity contribution in [2.24, 2.45) is 0 Å². The zero-order valence-electron chi connectivity index (χ0n) is 13.1. The monoisotopic (exact) mass is 452 g/mol. The molecule has 0 fully saturated rings. The minimum absolute atomic E-state index is 0.0420. The summed E-state index contributed by atoms with van der Waals surface area (Å²) < 4.78 is 30.7. The fourth-order valence-electron chi connectivity index (χ4n) is 2.57. The topological polar surface area (TPSA) is 69.2 Å². The first kappa shape index (κ1) is 17.2. The molecule has 0 N–H and O–H groups in total. The van der Waals surface area contributed by atoms with Crippen molar-refractivity contribution >= 4 is 62.5 Å². The van der Waals surface area contributed by atoms with Gasteiger partial charge in [-0.2, -0.15) is 0 Å². The molecule has 130 valence electrons. The zero-order valence-corrected chi connectivity index (χ0v) is 16.3. The van der Waals surface area contributed by atoms with Crippen LogP contribution in [0.25, 0.3) is 21.8 Å². The van der Waals surface area contributed by atoms with Crippen LogP contribution in [0.3, 0.4) is 0 Å². The summed E-state index contributed by atoms with van der Waals surface area (Å²) in [5.41, 5.74) is 1.24. The molecule has 2 aromatic carbocycles. The molecule has 4 rings (SSSR count). The molecule has 5 nitrogen and oxygen atoms in total. The Hall–Kier alpha value is -2.24. The average Bonchev–Trinajstić information content (AvgIpc) is 2.64. The normalized spacial score (nSPS) is 11.8. The van der Waals surface area contributed by atoms with Crippen LogP contribution in [0.1, 0.15) is 0 Å². The van der Waals surface area contributed by atoms with Crippen LogP contribution in [0.4, 0.5) is 0 Å². The van der Waals surface area contributed by atoms with E-state index in [-0.39, 0.29) is 20.3 Å². The van der Waals surface area contributed by atoms with Crippen LogP contribution >= 0.6 is 23.2 Å². The number of aromatic nitrogens is 2. The molecule has 2 heterocycles. The van der Waals surface area contributed by atoms with Crippen LogP contribution < -0.4 is 8.28 Å². The molecule has 0 unspecified atom stereocenters. The molecule has 0 aliphatic carbocycles. The van der Waals surface area contributed by atoms with Gasteiger partial charge in [-0.25, -0.2) is 0 Å². The Morgan fingerprint density at radius 1 is 0.769 bits per heavy atom. The van der Waals surface area contributed by atoms with Gasteiger partial charge in [0, 0.05) is 0 Å². The molecule has 0 bridgehead atoms. The van der Waals surface area contributed by atoms with Gasteiger partial charge in [0.05, 0.1) is 0 Å². The Labute approximate surface area is 160 Å². The summed E-state index contributed by atoms with van der Waals surface area (Å²) in [6.07, 6.45) is 2.49. The van der Waals surface area contributed by atoms with E-state index in [1.54, 1.807) is 42.5 Å². The van der Waals surface area contributed by atoms with Crippen molar-refractivity contribution in [1.82, 2.24) is 9.97 Å². The summed E-state index contributed by atoms with van der Waals surface area (Å²) >= 11 is 7.47. The van der Waals surface area contributed by atoms with Crippen LogP contribution in [-0.2, 0) is 7.67 Å². The maximum atomic E-state index is 12.8. The van der Waals surface area contributed by atoms with Crippen LogP contribution in [0.2, 0.25) is 10.0 Å².